The first-order valence-electron chi connectivity index (χ1n) is 8.09. The van der Waals surface area contributed by atoms with Crippen molar-refractivity contribution in [2.75, 3.05) is 12.4 Å². The van der Waals surface area contributed by atoms with E-state index in [0.717, 1.165) is 31.2 Å². The van der Waals surface area contributed by atoms with Gasteiger partial charge in [0.25, 0.3) is 0 Å². The van der Waals surface area contributed by atoms with Crippen LogP contribution in [0, 0.1) is 11.3 Å². The minimum Gasteiger partial charge on any atom is -0.445 e. The van der Waals surface area contributed by atoms with Crippen LogP contribution in [0.5, 0.6) is 0 Å². The molecule has 1 aliphatic rings. The molecule has 0 spiro atoms. The number of nitrogens with one attached hydrogen (secondary N) is 1. The van der Waals surface area contributed by atoms with Gasteiger partial charge >= 0.3 is 6.09 Å². The number of hydrogen-bond acceptors (Lipinski definition) is 3. The van der Waals surface area contributed by atoms with E-state index in [0.29, 0.717) is 12.5 Å². The molecular weight excluding hydrogens is 314 g/mol. The zero-order chi connectivity index (χ0) is 16.7. The highest BCUT2D eigenvalue weighted by Crippen LogP contribution is 2.39. The van der Waals surface area contributed by atoms with Gasteiger partial charge in [-0.15, -0.1) is 11.6 Å². The molecule has 4 nitrogen and oxygen atoms in total. The molecule has 0 unspecified atom stereocenters. The quantitative estimate of drug-likeness (QED) is 0.800. The number of ketones is 1. The van der Waals surface area contributed by atoms with Crippen LogP contribution >= 0.6 is 11.6 Å². The molecule has 126 valence electrons. The molecule has 0 saturated heterocycles. The normalized spacial score (nSPS) is 24.0. The van der Waals surface area contributed by atoms with Gasteiger partial charge in [-0.25, -0.2) is 4.79 Å². The molecule has 1 aromatic carbocycles. The molecule has 5 heteroatoms. The van der Waals surface area contributed by atoms with Crippen LogP contribution in [0.25, 0.3) is 0 Å². The molecule has 1 amide bonds. The van der Waals surface area contributed by atoms with E-state index in [2.05, 4.69) is 12.2 Å². The van der Waals surface area contributed by atoms with Gasteiger partial charge in [0.1, 0.15) is 6.61 Å². The van der Waals surface area contributed by atoms with E-state index in [1.54, 1.807) is 0 Å². The summed E-state index contributed by atoms with van der Waals surface area (Å²) >= 11 is 5.77. The highest BCUT2D eigenvalue weighted by Gasteiger charge is 2.40. The number of alkyl halides is 1. The third-order valence-corrected chi connectivity index (χ3v) is 4.97. The van der Waals surface area contributed by atoms with Gasteiger partial charge in [0.2, 0.25) is 0 Å². The lowest BCUT2D eigenvalue weighted by atomic mass is 9.68. The first kappa shape index (κ1) is 17.8. The van der Waals surface area contributed by atoms with E-state index in [4.69, 9.17) is 16.3 Å². The Morgan fingerprint density at radius 3 is 2.52 bits per heavy atom. The molecular formula is C18H24ClNO3. The molecule has 1 N–H and O–H groups in total. The number of rotatable bonds is 6. The van der Waals surface area contributed by atoms with E-state index >= 15 is 0 Å². The van der Waals surface area contributed by atoms with Gasteiger partial charge in [-0.1, -0.05) is 37.3 Å². The Labute approximate surface area is 142 Å². The molecule has 1 aromatic rings. The molecule has 23 heavy (non-hydrogen) atoms. The lowest BCUT2D eigenvalue weighted by Gasteiger charge is -2.37. The first-order chi connectivity index (χ1) is 11.1. The monoisotopic (exact) mass is 337 g/mol. The summed E-state index contributed by atoms with van der Waals surface area (Å²) in [4.78, 5) is 24.2. The molecule has 1 fully saturated rings. The van der Waals surface area contributed by atoms with Crippen molar-refractivity contribution >= 4 is 23.5 Å². The fourth-order valence-electron chi connectivity index (χ4n) is 3.03. The maximum Gasteiger partial charge on any atom is 0.407 e. The van der Waals surface area contributed by atoms with Crippen molar-refractivity contribution in [3.63, 3.8) is 0 Å². The number of hydrogen-bond donors (Lipinski definition) is 1. The Morgan fingerprint density at radius 2 is 1.91 bits per heavy atom. The molecule has 0 aromatic heterocycles. The van der Waals surface area contributed by atoms with E-state index in [9.17, 15) is 9.59 Å². The van der Waals surface area contributed by atoms with Crippen LogP contribution < -0.4 is 5.32 Å². The Bertz CT molecular complexity index is 524. The number of halogens is 1. The topological polar surface area (TPSA) is 55.4 Å². The molecule has 1 aliphatic carbocycles. The lowest BCUT2D eigenvalue weighted by Crippen LogP contribution is -2.46. The highest BCUT2D eigenvalue weighted by atomic mass is 35.5. The van der Waals surface area contributed by atoms with Gasteiger partial charge < -0.3 is 10.1 Å². The number of Topliss-reactive ketones (excluding diaryl/α,β-unsaturated/α-hetero) is 1. The molecule has 2 rings (SSSR count). The van der Waals surface area contributed by atoms with Gasteiger partial charge in [0.15, 0.2) is 5.78 Å². The number of amides is 1. The predicted molar refractivity (Wildman–Crippen MR) is 90.4 cm³/mol. The van der Waals surface area contributed by atoms with Gasteiger partial charge in [-0.2, -0.15) is 0 Å². The number of carbonyl (C=O) groups excluding carboxylic acids is 2. The number of benzene rings is 1. The van der Waals surface area contributed by atoms with Crippen LogP contribution in [0.4, 0.5) is 4.79 Å². The zero-order valence-corrected chi connectivity index (χ0v) is 14.3. The summed E-state index contributed by atoms with van der Waals surface area (Å²) in [6.07, 6.45) is 3.04. The summed E-state index contributed by atoms with van der Waals surface area (Å²) in [6, 6.07) is 9.50. The van der Waals surface area contributed by atoms with Crippen molar-refractivity contribution in [1.82, 2.24) is 5.32 Å². The first-order valence-corrected chi connectivity index (χ1v) is 8.63. The SMILES string of the molecule is CC1CCC(CNC(=O)OCc2ccccc2)(C(=O)CCl)CC1. The molecule has 1 saturated carbocycles. The number of carbonyl (C=O) groups is 2. The van der Waals surface area contributed by atoms with Crippen LogP contribution in [0.15, 0.2) is 30.3 Å². The summed E-state index contributed by atoms with van der Waals surface area (Å²) in [7, 11) is 0. The van der Waals surface area contributed by atoms with Crippen LogP contribution in [0.1, 0.15) is 38.2 Å². The second-order valence-electron chi connectivity index (χ2n) is 6.43. The van der Waals surface area contributed by atoms with E-state index < -0.39 is 11.5 Å². The molecule has 0 atom stereocenters. The minimum atomic E-state index is -0.528. The minimum absolute atomic E-state index is 0.00484. The summed E-state index contributed by atoms with van der Waals surface area (Å²) in [5, 5.41) is 2.75. The molecule has 0 bridgehead atoms. The van der Waals surface area contributed by atoms with Gasteiger partial charge in [-0.3, -0.25) is 4.79 Å². The molecule has 0 heterocycles. The van der Waals surface area contributed by atoms with E-state index in [1.807, 2.05) is 30.3 Å². The number of alkyl carbamates (subject to hydrolysis) is 1. The van der Waals surface area contributed by atoms with E-state index in [1.165, 1.54) is 0 Å². The summed E-state index contributed by atoms with van der Waals surface area (Å²) < 4.78 is 5.20. The largest absolute Gasteiger partial charge is 0.445 e. The average Bonchev–Trinajstić information content (AvgIpc) is 2.60. The van der Waals surface area contributed by atoms with Crippen molar-refractivity contribution in [3.8, 4) is 0 Å². The summed E-state index contributed by atoms with van der Waals surface area (Å²) in [5.41, 5.74) is 0.403. The fraction of sp³-hybridized carbons (Fsp3) is 0.556. The molecule has 0 aliphatic heterocycles. The van der Waals surface area contributed by atoms with Crippen molar-refractivity contribution in [3.05, 3.63) is 35.9 Å². The van der Waals surface area contributed by atoms with E-state index in [-0.39, 0.29) is 18.3 Å². The van der Waals surface area contributed by atoms with Crippen molar-refractivity contribution in [2.24, 2.45) is 11.3 Å². The average molecular weight is 338 g/mol. The zero-order valence-electron chi connectivity index (χ0n) is 13.5. The summed E-state index contributed by atoms with van der Waals surface area (Å²) in [6.45, 7) is 2.72. The second kappa shape index (κ2) is 8.34. The van der Waals surface area contributed by atoms with Crippen molar-refractivity contribution < 1.29 is 14.3 Å². The van der Waals surface area contributed by atoms with Crippen molar-refractivity contribution in [1.29, 1.82) is 0 Å². The number of ether oxygens (including phenoxy) is 1. The third-order valence-electron chi connectivity index (χ3n) is 4.73. The van der Waals surface area contributed by atoms with Crippen LogP contribution in [0.2, 0.25) is 0 Å². The Kier molecular flexibility index (Phi) is 6.46. The standard InChI is InChI=1S/C18H24ClNO3/c1-14-7-9-18(10-8-14,16(21)11-19)13-20-17(22)23-12-15-5-3-2-4-6-15/h2-6,14H,7-13H2,1H3,(H,20,22). The Morgan fingerprint density at radius 1 is 1.26 bits per heavy atom. The Hall–Kier alpha value is -1.55. The van der Waals surface area contributed by atoms with Gasteiger partial charge in [0.05, 0.1) is 5.88 Å². The lowest BCUT2D eigenvalue weighted by molar-refractivity contribution is -0.128. The Balaban J connectivity index is 1.85. The van der Waals surface area contributed by atoms with Gasteiger partial charge in [0, 0.05) is 12.0 Å². The van der Waals surface area contributed by atoms with Crippen molar-refractivity contribution in [2.45, 2.75) is 39.2 Å². The van der Waals surface area contributed by atoms with Crippen LogP contribution in [0.3, 0.4) is 0 Å². The van der Waals surface area contributed by atoms with Crippen LogP contribution in [-0.4, -0.2) is 24.3 Å². The fourth-order valence-corrected chi connectivity index (χ4v) is 3.31. The third kappa shape index (κ3) is 4.96. The van der Waals surface area contributed by atoms with Crippen LogP contribution in [-0.2, 0) is 16.1 Å². The maximum absolute atomic E-state index is 12.3. The maximum atomic E-state index is 12.3. The molecule has 0 radical (unpaired) electrons. The highest BCUT2D eigenvalue weighted by molar-refractivity contribution is 6.28. The smallest absolute Gasteiger partial charge is 0.407 e. The predicted octanol–water partition coefficient (Wildman–Crippen LogP) is 3.92. The van der Waals surface area contributed by atoms with Gasteiger partial charge in [-0.05, 0) is 37.2 Å². The second-order valence-corrected chi connectivity index (χ2v) is 6.70. The summed E-state index contributed by atoms with van der Waals surface area (Å²) in [5.74, 6) is 0.639.